The molecule has 0 saturated carbocycles. The molecule has 9 heteroatoms. The minimum Gasteiger partial charge on any atom is -0.479 e. The number of ether oxygens (including phenoxy) is 1. The number of halogens is 2. The summed E-state index contributed by atoms with van der Waals surface area (Å²) < 4.78 is 7.08. The predicted molar refractivity (Wildman–Crippen MR) is 94.3 cm³/mol. The van der Waals surface area contributed by atoms with E-state index in [4.69, 9.17) is 27.9 Å². The molecule has 1 heterocycles. The van der Waals surface area contributed by atoms with Crippen LogP contribution in [0.5, 0.6) is 5.75 Å². The van der Waals surface area contributed by atoms with Crippen molar-refractivity contribution in [3.8, 4) is 11.4 Å². The monoisotopic (exact) mass is 377 g/mol. The Balaban J connectivity index is 1.69. The Morgan fingerprint density at radius 1 is 1.24 bits per heavy atom. The highest BCUT2D eigenvalue weighted by atomic mass is 35.5. The minimum atomic E-state index is -0.771. The Morgan fingerprint density at radius 3 is 2.80 bits per heavy atom. The number of nitrogens with one attached hydrogen (secondary N) is 1. The number of carbonyl (C=O) groups excluding carboxylic acids is 1. The smallest absolute Gasteiger partial charge is 0.265 e. The van der Waals surface area contributed by atoms with Crippen molar-refractivity contribution in [3.63, 3.8) is 0 Å². The molecule has 7 nitrogen and oxygen atoms in total. The first-order valence-electron chi connectivity index (χ1n) is 7.29. The average molecular weight is 378 g/mol. The van der Waals surface area contributed by atoms with Crippen LogP contribution in [0.3, 0.4) is 0 Å². The Morgan fingerprint density at radius 2 is 2.04 bits per heavy atom. The largest absolute Gasteiger partial charge is 0.479 e. The zero-order valence-electron chi connectivity index (χ0n) is 13.1. The number of hydrogen-bond acceptors (Lipinski definition) is 5. The third-order valence-corrected chi connectivity index (χ3v) is 4.12. The number of anilines is 1. The second kappa shape index (κ2) is 7.50. The van der Waals surface area contributed by atoms with Gasteiger partial charge in [-0.1, -0.05) is 35.3 Å². The molecule has 1 aromatic heterocycles. The summed E-state index contributed by atoms with van der Waals surface area (Å²) in [6.45, 7) is 1.62. The summed E-state index contributed by atoms with van der Waals surface area (Å²) in [5, 5.41) is 14.4. The van der Waals surface area contributed by atoms with Gasteiger partial charge in [0, 0.05) is 5.69 Å². The summed E-state index contributed by atoms with van der Waals surface area (Å²) in [5.74, 6) is 0.0177. The van der Waals surface area contributed by atoms with Crippen LogP contribution in [0.2, 0.25) is 10.0 Å². The zero-order valence-corrected chi connectivity index (χ0v) is 14.6. The zero-order chi connectivity index (χ0) is 17.8. The van der Waals surface area contributed by atoms with Gasteiger partial charge in [-0.25, -0.2) is 4.68 Å². The fraction of sp³-hybridized carbons (Fsp3) is 0.125. The number of benzene rings is 2. The Labute approximate surface area is 153 Å². The first-order chi connectivity index (χ1) is 12.0. The van der Waals surface area contributed by atoms with Gasteiger partial charge in [-0.15, -0.1) is 5.10 Å². The molecule has 128 valence electrons. The van der Waals surface area contributed by atoms with Crippen LogP contribution in [-0.2, 0) is 4.79 Å². The fourth-order valence-electron chi connectivity index (χ4n) is 2.07. The van der Waals surface area contributed by atoms with E-state index in [0.717, 1.165) is 0 Å². The van der Waals surface area contributed by atoms with Gasteiger partial charge in [0.1, 0.15) is 17.1 Å². The van der Waals surface area contributed by atoms with Crippen molar-refractivity contribution in [1.82, 2.24) is 20.2 Å². The van der Waals surface area contributed by atoms with Crippen LogP contribution in [0.15, 0.2) is 48.8 Å². The molecular formula is C16H13Cl2N5O2. The summed E-state index contributed by atoms with van der Waals surface area (Å²) in [7, 11) is 0. The number of aromatic nitrogens is 4. The number of hydrogen-bond donors (Lipinski definition) is 1. The van der Waals surface area contributed by atoms with E-state index in [2.05, 4.69) is 20.8 Å². The lowest BCUT2D eigenvalue weighted by Gasteiger charge is -2.16. The molecule has 0 saturated heterocycles. The van der Waals surface area contributed by atoms with Gasteiger partial charge in [0.25, 0.3) is 5.91 Å². The summed E-state index contributed by atoms with van der Waals surface area (Å²) in [6, 6.07) is 12.1. The third-order valence-electron chi connectivity index (χ3n) is 3.32. The summed E-state index contributed by atoms with van der Waals surface area (Å²) in [5.41, 5.74) is 1.31. The van der Waals surface area contributed by atoms with Gasteiger partial charge in [-0.2, -0.15) is 0 Å². The molecule has 0 spiro atoms. The van der Waals surface area contributed by atoms with E-state index in [1.54, 1.807) is 43.3 Å². The van der Waals surface area contributed by atoms with E-state index in [-0.39, 0.29) is 10.9 Å². The quantitative estimate of drug-likeness (QED) is 0.736. The molecule has 0 fully saturated rings. The lowest BCUT2D eigenvalue weighted by molar-refractivity contribution is -0.122. The molecular weight excluding hydrogens is 365 g/mol. The van der Waals surface area contributed by atoms with Crippen molar-refractivity contribution in [1.29, 1.82) is 0 Å². The topological polar surface area (TPSA) is 81.9 Å². The van der Waals surface area contributed by atoms with Crippen LogP contribution < -0.4 is 10.1 Å². The predicted octanol–water partition coefficient (Wildman–Crippen LogP) is 3.38. The highest BCUT2D eigenvalue weighted by Gasteiger charge is 2.17. The molecule has 0 bridgehead atoms. The molecule has 3 aromatic rings. The van der Waals surface area contributed by atoms with Gasteiger partial charge in [0.2, 0.25) is 0 Å². The SMILES string of the molecule is CC(Oc1cccc(Cl)c1Cl)C(=O)Nc1cccc(-n2cnnn2)c1. The second-order valence-electron chi connectivity index (χ2n) is 5.11. The molecule has 1 amide bonds. The molecule has 3 rings (SSSR count). The van der Waals surface area contributed by atoms with Crippen LogP contribution in [0.4, 0.5) is 5.69 Å². The summed E-state index contributed by atoms with van der Waals surface area (Å²) >= 11 is 12.0. The highest BCUT2D eigenvalue weighted by Crippen LogP contribution is 2.32. The number of carbonyl (C=O) groups is 1. The number of amides is 1. The minimum absolute atomic E-state index is 0.268. The molecule has 0 radical (unpaired) electrons. The highest BCUT2D eigenvalue weighted by molar-refractivity contribution is 6.42. The van der Waals surface area contributed by atoms with Crippen LogP contribution in [0, 0.1) is 0 Å². The molecule has 2 aromatic carbocycles. The molecule has 1 N–H and O–H groups in total. The number of rotatable bonds is 5. The number of nitrogens with zero attached hydrogens (tertiary/aromatic N) is 4. The molecule has 0 aliphatic rings. The van der Waals surface area contributed by atoms with Crippen LogP contribution >= 0.6 is 23.2 Å². The lowest BCUT2D eigenvalue weighted by Crippen LogP contribution is -2.30. The van der Waals surface area contributed by atoms with Gasteiger partial charge in [0.15, 0.2) is 6.10 Å². The van der Waals surface area contributed by atoms with Crippen LogP contribution in [0.1, 0.15) is 6.92 Å². The van der Waals surface area contributed by atoms with E-state index < -0.39 is 6.10 Å². The van der Waals surface area contributed by atoms with Gasteiger partial charge >= 0.3 is 0 Å². The second-order valence-corrected chi connectivity index (χ2v) is 5.89. The van der Waals surface area contributed by atoms with Crippen LogP contribution in [-0.4, -0.2) is 32.2 Å². The van der Waals surface area contributed by atoms with Crippen molar-refractivity contribution in [2.24, 2.45) is 0 Å². The molecule has 1 unspecified atom stereocenters. The normalized spacial score (nSPS) is 11.8. The lowest BCUT2D eigenvalue weighted by atomic mass is 10.2. The van der Waals surface area contributed by atoms with Crippen LogP contribution in [0.25, 0.3) is 5.69 Å². The van der Waals surface area contributed by atoms with E-state index >= 15 is 0 Å². The Bertz CT molecular complexity index is 886. The Kier molecular flexibility index (Phi) is 5.16. The van der Waals surface area contributed by atoms with E-state index in [1.807, 2.05) is 6.07 Å². The van der Waals surface area contributed by atoms with E-state index in [1.165, 1.54) is 11.0 Å². The average Bonchev–Trinajstić information content (AvgIpc) is 3.14. The maximum Gasteiger partial charge on any atom is 0.265 e. The van der Waals surface area contributed by atoms with Crippen molar-refractivity contribution in [2.75, 3.05) is 5.32 Å². The molecule has 0 aliphatic heterocycles. The fourth-order valence-corrected chi connectivity index (χ4v) is 2.41. The van der Waals surface area contributed by atoms with Crippen molar-refractivity contribution < 1.29 is 9.53 Å². The third kappa shape index (κ3) is 4.07. The first-order valence-corrected chi connectivity index (χ1v) is 8.05. The van der Waals surface area contributed by atoms with Gasteiger partial charge in [-0.3, -0.25) is 4.79 Å². The van der Waals surface area contributed by atoms with Gasteiger partial charge in [-0.05, 0) is 47.7 Å². The maximum atomic E-state index is 12.4. The summed E-state index contributed by atoms with van der Waals surface area (Å²) in [6.07, 6.45) is 0.695. The van der Waals surface area contributed by atoms with E-state index in [9.17, 15) is 4.79 Å². The Hall–Kier alpha value is -2.64. The van der Waals surface area contributed by atoms with Crippen molar-refractivity contribution in [3.05, 3.63) is 58.8 Å². The maximum absolute atomic E-state index is 12.4. The van der Waals surface area contributed by atoms with Crippen molar-refractivity contribution >= 4 is 34.8 Å². The van der Waals surface area contributed by atoms with E-state index in [0.29, 0.717) is 22.1 Å². The first kappa shape index (κ1) is 17.2. The number of tetrazole rings is 1. The van der Waals surface area contributed by atoms with Gasteiger partial charge < -0.3 is 10.1 Å². The molecule has 0 aliphatic carbocycles. The molecule has 1 atom stereocenters. The molecule has 25 heavy (non-hydrogen) atoms. The van der Waals surface area contributed by atoms with Crippen molar-refractivity contribution in [2.45, 2.75) is 13.0 Å². The van der Waals surface area contributed by atoms with Gasteiger partial charge in [0.05, 0.1) is 10.7 Å². The summed E-state index contributed by atoms with van der Waals surface area (Å²) in [4.78, 5) is 12.4. The standard InChI is InChI=1S/C16H13Cl2N5O2/c1-10(25-14-7-3-6-13(17)15(14)18)16(24)20-11-4-2-5-12(8-11)23-9-19-21-22-23/h2-10H,1H3,(H,20,24).